The van der Waals surface area contributed by atoms with Crippen molar-refractivity contribution in [3.05, 3.63) is 35.1 Å². The van der Waals surface area contributed by atoms with Crippen LogP contribution in [0.1, 0.15) is 57.6 Å². The Labute approximate surface area is 143 Å². The third-order valence-corrected chi connectivity index (χ3v) is 4.50. The van der Waals surface area contributed by atoms with E-state index in [0.29, 0.717) is 31.2 Å². The smallest absolute Gasteiger partial charge is 0.407 e. The zero-order valence-electron chi connectivity index (χ0n) is 14.8. The SMILES string of the molecule is Cc1ccc(C2(C#N)CCC(NC(=O)OC(C)(C)C)CC2)cc1F. The number of carbonyl (C=O) groups excluding carboxylic acids is 1. The number of alkyl carbamates (subject to hydrolysis) is 1. The maximum Gasteiger partial charge on any atom is 0.407 e. The molecule has 4 nitrogen and oxygen atoms in total. The van der Waals surface area contributed by atoms with Crippen LogP contribution < -0.4 is 5.32 Å². The van der Waals surface area contributed by atoms with Crippen molar-refractivity contribution in [2.24, 2.45) is 0 Å². The van der Waals surface area contributed by atoms with Gasteiger partial charge in [0.15, 0.2) is 0 Å². The predicted molar refractivity (Wildman–Crippen MR) is 90.1 cm³/mol. The van der Waals surface area contributed by atoms with Gasteiger partial charge in [-0.15, -0.1) is 0 Å². The molecule has 2 rings (SSSR count). The molecule has 5 heteroatoms. The quantitative estimate of drug-likeness (QED) is 0.875. The van der Waals surface area contributed by atoms with Gasteiger partial charge in [-0.05, 0) is 70.6 Å². The first kappa shape index (κ1) is 18.3. The van der Waals surface area contributed by atoms with Crippen LogP contribution in [0, 0.1) is 24.1 Å². The summed E-state index contributed by atoms with van der Waals surface area (Å²) in [5.41, 5.74) is 0.0887. The first-order valence-electron chi connectivity index (χ1n) is 8.33. The Morgan fingerprint density at radius 1 is 1.38 bits per heavy atom. The summed E-state index contributed by atoms with van der Waals surface area (Å²) in [7, 11) is 0. The molecule has 0 saturated heterocycles. The highest BCUT2D eigenvalue weighted by molar-refractivity contribution is 5.68. The molecule has 24 heavy (non-hydrogen) atoms. The summed E-state index contributed by atoms with van der Waals surface area (Å²) in [5.74, 6) is -0.281. The van der Waals surface area contributed by atoms with Crippen LogP contribution in [0.4, 0.5) is 9.18 Å². The van der Waals surface area contributed by atoms with E-state index >= 15 is 0 Å². The molecule has 0 heterocycles. The van der Waals surface area contributed by atoms with E-state index < -0.39 is 17.1 Å². The summed E-state index contributed by atoms with van der Waals surface area (Å²) in [6.45, 7) is 7.17. The lowest BCUT2D eigenvalue weighted by atomic mass is 9.69. The van der Waals surface area contributed by atoms with Gasteiger partial charge in [-0.2, -0.15) is 5.26 Å². The molecule has 1 aromatic rings. The lowest BCUT2D eigenvalue weighted by Gasteiger charge is -2.36. The topological polar surface area (TPSA) is 62.1 Å². The summed E-state index contributed by atoms with van der Waals surface area (Å²) in [6, 6.07) is 7.39. The summed E-state index contributed by atoms with van der Waals surface area (Å²) in [4.78, 5) is 11.9. The molecular weight excluding hydrogens is 307 g/mol. The number of carbonyl (C=O) groups is 1. The maximum absolute atomic E-state index is 13.9. The van der Waals surface area contributed by atoms with Gasteiger partial charge in [0.1, 0.15) is 11.4 Å². The molecule has 0 aromatic heterocycles. The lowest BCUT2D eigenvalue weighted by Crippen LogP contribution is -2.43. The minimum atomic E-state index is -0.680. The second kappa shape index (κ2) is 6.80. The van der Waals surface area contributed by atoms with E-state index in [4.69, 9.17) is 4.74 Å². The number of nitriles is 1. The van der Waals surface area contributed by atoms with Crippen molar-refractivity contribution >= 4 is 6.09 Å². The molecule has 0 unspecified atom stereocenters. The van der Waals surface area contributed by atoms with Crippen molar-refractivity contribution in [3.63, 3.8) is 0 Å². The average Bonchev–Trinajstić information content (AvgIpc) is 2.49. The molecular formula is C19H25FN2O2. The number of halogens is 1. The Morgan fingerprint density at radius 2 is 2.00 bits per heavy atom. The van der Waals surface area contributed by atoms with Crippen molar-refractivity contribution in [2.75, 3.05) is 0 Å². The standard InChI is InChI=1S/C19H25FN2O2/c1-13-5-6-14(11-16(13)20)19(12-21)9-7-15(8-10-19)22-17(23)24-18(2,3)4/h5-6,11,15H,7-10H2,1-4H3,(H,22,23). The molecule has 1 aliphatic rings. The summed E-state index contributed by atoms with van der Waals surface area (Å²) >= 11 is 0. The van der Waals surface area contributed by atoms with Crippen molar-refractivity contribution in [3.8, 4) is 6.07 Å². The van der Waals surface area contributed by atoms with Crippen LogP contribution in [0.15, 0.2) is 18.2 Å². The normalized spacial score (nSPS) is 24.1. The second-order valence-electron chi connectivity index (χ2n) is 7.58. The first-order valence-corrected chi connectivity index (χ1v) is 8.33. The van der Waals surface area contributed by atoms with E-state index in [1.165, 1.54) is 6.07 Å². The van der Waals surface area contributed by atoms with Gasteiger partial charge in [0.2, 0.25) is 0 Å². The maximum atomic E-state index is 13.9. The molecule has 1 fully saturated rings. The molecule has 1 N–H and O–H groups in total. The van der Waals surface area contributed by atoms with E-state index in [0.717, 1.165) is 5.56 Å². The van der Waals surface area contributed by atoms with E-state index in [-0.39, 0.29) is 11.9 Å². The highest BCUT2D eigenvalue weighted by atomic mass is 19.1. The fourth-order valence-electron chi connectivity index (χ4n) is 3.08. The number of hydrogen-bond donors (Lipinski definition) is 1. The Balaban J connectivity index is 2.03. The average molecular weight is 332 g/mol. The van der Waals surface area contributed by atoms with E-state index in [1.807, 2.05) is 26.8 Å². The fourth-order valence-corrected chi connectivity index (χ4v) is 3.08. The summed E-state index contributed by atoms with van der Waals surface area (Å²) in [6.07, 6.45) is 2.09. The summed E-state index contributed by atoms with van der Waals surface area (Å²) in [5, 5.41) is 12.6. The van der Waals surface area contributed by atoms with Gasteiger partial charge in [0.05, 0.1) is 11.5 Å². The van der Waals surface area contributed by atoms with E-state index in [1.54, 1.807) is 13.0 Å². The molecule has 1 aromatic carbocycles. The minimum absolute atomic E-state index is 0.0170. The highest BCUT2D eigenvalue weighted by Crippen LogP contribution is 2.39. The van der Waals surface area contributed by atoms with Crippen molar-refractivity contribution < 1.29 is 13.9 Å². The zero-order chi connectivity index (χ0) is 18.0. The Kier molecular flexibility index (Phi) is 5.17. The van der Waals surface area contributed by atoms with Crippen LogP contribution in [0.3, 0.4) is 0 Å². The number of nitrogens with zero attached hydrogens (tertiary/aromatic N) is 1. The second-order valence-corrected chi connectivity index (χ2v) is 7.58. The van der Waals surface area contributed by atoms with Crippen LogP contribution in [-0.2, 0) is 10.2 Å². The molecule has 1 amide bonds. The number of aryl methyl sites for hydroxylation is 1. The van der Waals surface area contributed by atoms with Crippen molar-refractivity contribution in [2.45, 2.75) is 70.4 Å². The lowest BCUT2D eigenvalue weighted by molar-refractivity contribution is 0.0487. The van der Waals surface area contributed by atoms with E-state index in [9.17, 15) is 14.4 Å². The van der Waals surface area contributed by atoms with Crippen LogP contribution in [0.5, 0.6) is 0 Å². The van der Waals surface area contributed by atoms with Gasteiger partial charge in [-0.3, -0.25) is 0 Å². The largest absolute Gasteiger partial charge is 0.444 e. The van der Waals surface area contributed by atoms with Crippen LogP contribution in [0.25, 0.3) is 0 Å². The number of ether oxygens (including phenoxy) is 1. The predicted octanol–water partition coefficient (Wildman–Crippen LogP) is 4.36. The zero-order valence-corrected chi connectivity index (χ0v) is 14.8. The summed E-state index contributed by atoms with van der Waals surface area (Å²) < 4.78 is 19.1. The minimum Gasteiger partial charge on any atom is -0.444 e. The Morgan fingerprint density at radius 3 is 2.50 bits per heavy atom. The monoisotopic (exact) mass is 332 g/mol. The van der Waals surface area contributed by atoms with Crippen LogP contribution in [-0.4, -0.2) is 17.7 Å². The Bertz CT molecular complexity index is 650. The number of amides is 1. The number of nitrogens with one attached hydrogen (secondary N) is 1. The molecule has 0 atom stereocenters. The van der Waals surface area contributed by atoms with Gasteiger partial charge < -0.3 is 10.1 Å². The van der Waals surface area contributed by atoms with Gasteiger partial charge in [0.25, 0.3) is 0 Å². The number of hydrogen-bond acceptors (Lipinski definition) is 3. The van der Waals surface area contributed by atoms with Gasteiger partial charge in [-0.25, -0.2) is 9.18 Å². The molecule has 0 aliphatic heterocycles. The number of benzene rings is 1. The van der Waals surface area contributed by atoms with Gasteiger partial charge >= 0.3 is 6.09 Å². The molecule has 0 bridgehead atoms. The van der Waals surface area contributed by atoms with Gasteiger partial charge in [-0.1, -0.05) is 12.1 Å². The highest BCUT2D eigenvalue weighted by Gasteiger charge is 2.38. The first-order chi connectivity index (χ1) is 11.1. The fraction of sp³-hybridized carbons (Fsp3) is 0.579. The van der Waals surface area contributed by atoms with E-state index in [2.05, 4.69) is 11.4 Å². The molecule has 0 radical (unpaired) electrons. The van der Waals surface area contributed by atoms with Crippen molar-refractivity contribution in [1.29, 1.82) is 5.26 Å². The molecule has 130 valence electrons. The Hall–Kier alpha value is -2.09. The van der Waals surface area contributed by atoms with Crippen molar-refractivity contribution in [1.82, 2.24) is 5.32 Å². The van der Waals surface area contributed by atoms with Crippen LogP contribution >= 0.6 is 0 Å². The van der Waals surface area contributed by atoms with Gasteiger partial charge in [0, 0.05) is 6.04 Å². The third kappa shape index (κ3) is 4.25. The molecule has 1 saturated carbocycles. The molecule has 1 aliphatic carbocycles. The number of rotatable bonds is 2. The molecule has 0 spiro atoms. The van der Waals surface area contributed by atoms with Crippen LogP contribution in [0.2, 0.25) is 0 Å². The third-order valence-electron chi connectivity index (χ3n) is 4.50.